The molecule has 0 radical (unpaired) electrons. The number of hydrogen-bond acceptors (Lipinski definition) is 4. The maximum absolute atomic E-state index is 11.7. The van der Waals surface area contributed by atoms with Crippen LogP contribution in [0.25, 0.3) is 0 Å². The topological polar surface area (TPSA) is 81.4 Å². The summed E-state index contributed by atoms with van der Waals surface area (Å²) < 4.78 is 31.2. The van der Waals surface area contributed by atoms with Crippen molar-refractivity contribution in [3.8, 4) is 0 Å². The zero-order valence-corrected chi connectivity index (χ0v) is 11.2. The second kappa shape index (κ2) is 8.02. The molecule has 17 heavy (non-hydrogen) atoms. The molecule has 1 rings (SSSR count). The molecule has 6 heteroatoms. The Morgan fingerprint density at radius 1 is 1.18 bits per heavy atom. The van der Waals surface area contributed by atoms with Crippen LogP contribution >= 0.6 is 0 Å². The first-order valence-electron chi connectivity index (χ1n) is 6.39. The molecular weight excluding hydrogens is 240 g/mol. The van der Waals surface area contributed by atoms with Crippen LogP contribution in [0, 0.1) is 5.92 Å². The molecule has 0 unspecified atom stereocenters. The van der Waals surface area contributed by atoms with Crippen LogP contribution in [-0.2, 0) is 14.8 Å². The Balaban J connectivity index is 2.16. The number of nitrogens with two attached hydrogens (primary N) is 1. The van der Waals surface area contributed by atoms with Gasteiger partial charge in [-0.05, 0) is 18.8 Å². The van der Waals surface area contributed by atoms with Crippen molar-refractivity contribution in [3.63, 3.8) is 0 Å². The molecule has 1 saturated carbocycles. The van der Waals surface area contributed by atoms with Crippen LogP contribution < -0.4 is 10.5 Å². The van der Waals surface area contributed by atoms with Gasteiger partial charge in [0.2, 0.25) is 10.0 Å². The highest BCUT2D eigenvalue weighted by Gasteiger charge is 2.20. The van der Waals surface area contributed by atoms with Gasteiger partial charge in [-0.25, -0.2) is 13.1 Å². The van der Waals surface area contributed by atoms with Gasteiger partial charge in [0.15, 0.2) is 0 Å². The van der Waals surface area contributed by atoms with E-state index in [1.165, 1.54) is 19.3 Å². The number of hydrogen-bond donors (Lipinski definition) is 2. The van der Waals surface area contributed by atoms with E-state index >= 15 is 0 Å². The van der Waals surface area contributed by atoms with Crippen molar-refractivity contribution in [3.05, 3.63) is 0 Å². The fraction of sp³-hybridized carbons (Fsp3) is 1.00. The molecular formula is C11H24N2O3S. The summed E-state index contributed by atoms with van der Waals surface area (Å²) in [7, 11) is -3.13. The number of sulfonamides is 1. The Bertz CT molecular complexity index is 287. The van der Waals surface area contributed by atoms with Gasteiger partial charge in [0.25, 0.3) is 0 Å². The SMILES string of the molecule is NCCOCCNS(=O)(=O)CC1CCCCC1. The first kappa shape index (κ1) is 14.9. The lowest BCUT2D eigenvalue weighted by Crippen LogP contribution is -2.33. The van der Waals surface area contributed by atoms with Gasteiger partial charge in [0.05, 0.1) is 19.0 Å². The Kier molecular flexibility index (Phi) is 7.03. The van der Waals surface area contributed by atoms with Crippen molar-refractivity contribution >= 4 is 10.0 Å². The van der Waals surface area contributed by atoms with Crippen LogP contribution in [0.2, 0.25) is 0 Å². The maximum atomic E-state index is 11.7. The molecule has 0 aromatic heterocycles. The molecule has 0 aromatic carbocycles. The summed E-state index contributed by atoms with van der Waals surface area (Å²) in [5.41, 5.74) is 5.26. The van der Waals surface area contributed by atoms with Crippen LogP contribution in [-0.4, -0.2) is 40.5 Å². The zero-order valence-electron chi connectivity index (χ0n) is 10.4. The van der Waals surface area contributed by atoms with E-state index < -0.39 is 10.0 Å². The molecule has 0 saturated heterocycles. The smallest absolute Gasteiger partial charge is 0.211 e. The largest absolute Gasteiger partial charge is 0.379 e. The Hall–Kier alpha value is -0.170. The van der Waals surface area contributed by atoms with E-state index in [9.17, 15) is 8.42 Å². The number of rotatable bonds is 8. The van der Waals surface area contributed by atoms with E-state index in [0.717, 1.165) is 12.8 Å². The minimum absolute atomic E-state index is 0.268. The van der Waals surface area contributed by atoms with Crippen LogP contribution in [0.5, 0.6) is 0 Å². The number of nitrogens with one attached hydrogen (secondary N) is 1. The van der Waals surface area contributed by atoms with Crippen LogP contribution in [0.4, 0.5) is 0 Å². The molecule has 0 aliphatic heterocycles. The van der Waals surface area contributed by atoms with Crippen LogP contribution in [0.1, 0.15) is 32.1 Å². The molecule has 3 N–H and O–H groups in total. The summed E-state index contributed by atoms with van der Waals surface area (Å²) in [5, 5.41) is 0. The minimum atomic E-state index is -3.13. The Morgan fingerprint density at radius 2 is 1.88 bits per heavy atom. The predicted octanol–water partition coefficient (Wildman–Crippen LogP) is 0.461. The van der Waals surface area contributed by atoms with Gasteiger partial charge in [-0.1, -0.05) is 19.3 Å². The summed E-state index contributed by atoms with van der Waals surface area (Å²) in [5.74, 6) is 0.607. The van der Waals surface area contributed by atoms with Gasteiger partial charge >= 0.3 is 0 Å². The zero-order chi connectivity index (χ0) is 12.6. The third kappa shape index (κ3) is 6.98. The molecule has 0 atom stereocenters. The van der Waals surface area contributed by atoms with E-state index in [1.54, 1.807) is 0 Å². The number of ether oxygens (including phenoxy) is 1. The highest BCUT2D eigenvalue weighted by Crippen LogP contribution is 2.24. The fourth-order valence-corrected chi connectivity index (χ4v) is 3.64. The summed E-state index contributed by atoms with van der Waals surface area (Å²) >= 11 is 0. The van der Waals surface area contributed by atoms with E-state index in [1.807, 2.05) is 0 Å². The van der Waals surface area contributed by atoms with Gasteiger partial charge in [-0.3, -0.25) is 0 Å². The van der Waals surface area contributed by atoms with E-state index in [-0.39, 0.29) is 5.75 Å². The minimum Gasteiger partial charge on any atom is -0.379 e. The van der Waals surface area contributed by atoms with Gasteiger partial charge < -0.3 is 10.5 Å². The quantitative estimate of drug-likeness (QED) is 0.624. The fourth-order valence-electron chi connectivity index (χ4n) is 2.18. The maximum Gasteiger partial charge on any atom is 0.211 e. The van der Waals surface area contributed by atoms with Gasteiger partial charge in [0, 0.05) is 13.1 Å². The van der Waals surface area contributed by atoms with Crippen molar-refractivity contribution < 1.29 is 13.2 Å². The second-order valence-electron chi connectivity index (χ2n) is 4.58. The average Bonchev–Trinajstić information content (AvgIpc) is 2.29. The third-order valence-electron chi connectivity index (χ3n) is 3.01. The van der Waals surface area contributed by atoms with Gasteiger partial charge in [-0.2, -0.15) is 0 Å². The van der Waals surface area contributed by atoms with E-state index in [2.05, 4.69) is 4.72 Å². The standard InChI is InChI=1S/C11H24N2O3S/c12-6-8-16-9-7-13-17(14,15)10-11-4-2-1-3-5-11/h11,13H,1-10,12H2. The Morgan fingerprint density at radius 3 is 2.53 bits per heavy atom. The van der Waals surface area contributed by atoms with Crippen molar-refractivity contribution in [2.75, 3.05) is 32.1 Å². The highest BCUT2D eigenvalue weighted by molar-refractivity contribution is 7.89. The molecule has 0 aromatic rings. The molecule has 5 nitrogen and oxygen atoms in total. The first-order chi connectivity index (χ1) is 8.14. The monoisotopic (exact) mass is 264 g/mol. The molecule has 0 spiro atoms. The lowest BCUT2D eigenvalue weighted by molar-refractivity contribution is 0.147. The molecule has 0 heterocycles. The molecule has 1 aliphatic rings. The lowest BCUT2D eigenvalue weighted by atomic mass is 9.91. The predicted molar refractivity (Wildman–Crippen MR) is 68.2 cm³/mol. The van der Waals surface area contributed by atoms with Crippen molar-refractivity contribution in [1.29, 1.82) is 0 Å². The summed E-state index contributed by atoms with van der Waals surface area (Å²) in [6, 6.07) is 0. The normalized spacial score (nSPS) is 18.4. The lowest BCUT2D eigenvalue weighted by Gasteiger charge is -2.21. The first-order valence-corrected chi connectivity index (χ1v) is 8.04. The molecule has 102 valence electrons. The van der Waals surface area contributed by atoms with Crippen molar-refractivity contribution in [2.45, 2.75) is 32.1 Å². The third-order valence-corrected chi connectivity index (χ3v) is 4.56. The van der Waals surface area contributed by atoms with Crippen LogP contribution in [0.15, 0.2) is 0 Å². The molecule has 0 amide bonds. The van der Waals surface area contributed by atoms with Crippen molar-refractivity contribution in [1.82, 2.24) is 4.72 Å². The summed E-state index contributed by atoms with van der Waals surface area (Å²) in [4.78, 5) is 0. The summed E-state index contributed by atoms with van der Waals surface area (Å²) in [6.45, 7) is 1.68. The Labute approximate surface area is 104 Å². The van der Waals surface area contributed by atoms with Gasteiger partial charge in [0.1, 0.15) is 0 Å². The molecule has 1 fully saturated rings. The molecule has 0 bridgehead atoms. The second-order valence-corrected chi connectivity index (χ2v) is 6.43. The van der Waals surface area contributed by atoms with E-state index in [4.69, 9.17) is 10.5 Å². The average molecular weight is 264 g/mol. The van der Waals surface area contributed by atoms with Gasteiger partial charge in [-0.15, -0.1) is 0 Å². The highest BCUT2D eigenvalue weighted by atomic mass is 32.2. The van der Waals surface area contributed by atoms with E-state index in [0.29, 0.717) is 32.2 Å². The summed E-state index contributed by atoms with van der Waals surface area (Å²) in [6.07, 6.45) is 5.67. The molecule has 1 aliphatic carbocycles. The van der Waals surface area contributed by atoms with Crippen LogP contribution in [0.3, 0.4) is 0 Å². The van der Waals surface area contributed by atoms with Crippen molar-refractivity contribution in [2.24, 2.45) is 11.7 Å².